The number of halogens is 1. The van der Waals surface area contributed by atoms with Crippen LogP contribution in [0.3, 0.4) is 0 Å². The quantitative estimate of drug-likeness (QED) is 0.888. The third-order valence-corrected chi connectivity index (χ3v) is 4.23. The fraction of sp³-hybridized carbons (Fsp3) is 0.462. The summed E-state index contributed by atoms with van der Waals surface area (Å²) in [5, 5.41) is 6.18. The average molecular weight is 317 g/mol. The smallest absolute Gasteiger partial charge is 0.238 e. The van der Waals surface area contributed by atoms with Crippen LogP contribution in [0.4, 0.5) is 0 Å². The van der Waals surface area contributed by atoms with E-state index in [2.05, 4.69) is 10.6 Å². The Labute approximate surface area is 128 Å². The van der Waals surface area contributed by atoms with E-state index >= 15 is 0 Å². The minimum absolute atomic E-state index is 0. The van der Waals surface area contributed by atoms with Gasteiger partial charge in [-0.05, 0) is 24.6 Å². The highest BCUT2D eigenvalue weighted by atomic mass is 35.5. The van der Waals surface area contributed by atoms with Gasteiger partial charge in [0.15, 0.2) is 11.5 Å². The third kappa shape index (κ3) is 3.13. The van der Waals surface area contributed by atoms with E-state index in [0.717, 1.165) is 28.7 Å². The average Bonchev–Trinajstić information content (AvgIpc) is 3.09. The van der Waals surface area contributed by atoms with Gasteiger partial charge in [-0.3, -0.25) is 10.1 Å². The summed E-state index contributed by atoms with van der Waals surface area (Å²) in [6.45, 7) is 2.24. The largest absolute Gasteiger partial charge is 0.454 e. The molecule has 2 aliphatic rings. The van der Waals surface area contributed by atoms with Crippen molar-refractivity contribution in [3.63, 3.8) is 0 Å². The van der Waals surface area contributed by atoms with Gasteiger partial charge < -0.3 is 14.8 Å². The number of hydrogen-bond acceptors (Lipinski definition) is 5. The zero-order valence-electron chi connectivity index (χ0n) is 11.0. The van der Waals surface area contributed by atoms with Crippen molar-refractivity contribution < 1.29 is 14.3 Å². The zero-order valence-corrected chi connectivity index (χ0v) is 12.7. The van der Waals surface area contributed by atoms with Crippen molar-refractivity contribution in [1.82, 2.24) is 10.6 Å². The minimum Gasteiger partial charge on any atom is -0.454 e. The molecule has 2 atom stereocenters. The summed E-state index contributed by atoms with van der Waals surface area (Å²) >= 11 is 1.74. The van der Waals surface area contributed by atoms with E-state index in [4.69, 9.17) is 9.47 Å². The maximum absolute atomic E-state index is 12.0. The Morgan fingerprint density at radius 2 is 2.25 bits per heavy atom. The first kappa shape index (κ1) is 15.3. The Balaban J connectivity index is 0.00000147. The highest BCUT2D eigenvalue weighted by Crippen LogP contribution is 2.34. The molecular formula is C13H17ClN2O3S. The van der Waals surface area contributed by atoms with Crippen molar-refractivity contribution in [3.8, 4) is 11.5 Å². The molecule has 1 fully saturated rings. The first-order chi connectivity index (χ1) is 9.24. The molecule has 0 radical (unpaired) electrons. The lowest BCUT2D eigenvalue weighted by Gasteiger charge is -2.17. The number of carbonyl (C=O) groups excluding carboxylic acids is 1. The predicted molar refractivity (Wildman–Crippen MR) is 80.6 cm³/mol. The van der Waals surface area contributed by atoms with E-state index in [-0.39, 0.29) is 37.2 Å². The summed E-state index contributed by atoms with van der Waals surface area (Å²) in [5.74, 6) is 3.23. The summed E-state index contributed by atoms with van der Waals surface area (Å²) in [6.07, 6.45) is 0. The number of nitrogens with one attached hydrogen (secondary N) is 2. The van der Waals surface area contributed by atoms with Crippen LogP contribution in [0.15, 0.2) is 18.2 Å². The second kappa shape index (κ2) is 6.56. The second-order valence-corrected chi connectivity index (χ2v) is 5.65. The predicted octanol–water partition coefficient (Wildman–Crippen LogP) is 1.68. The normalized spacial score (nSPS) is 21.1. The van der Waals surface area contributed by atoms with Gasteiger partial charge in [0.2, 0.25) is 12.7 Å². The summed E-state index contributed by atoms with van der Waals surface area (Å²) < 4.78 is 10.6. The lowest BCUT2D eigenvalue weighted by Crippen LogP contribution is -2.42. The van der Waals surface area contributed by atoms with Gasteiger partial charge in [0, 0.05) is 11.6 Å². The molecule has 1 amide bonds. The van der Waals surface area contributed by atoms with Crippen LogP contribution < -0.4 is 20.1 Å². The number of thioether (sulfide) groups is 1. The molecule has 0 saturated carbocycles. The third-order valence-electron chi connectivity index (χ3n) is 3.29. The number of fused-ring (bicyclic) bond motifs is 1. The van der Waals surface area contributed by atoms with Crippen LogP contribution in [0.25, 0.3) is 0 Å². The summed E-state index contributed by atoms with van der Waals surface area (Å²) in [6, 6.07) is 5.62. The van der Waals surface area contributed by atoms with Crippen LogP contribution in [-0.2, 0) is 4.79 Å². The lowest BCUT2D eigenvalue weighted by atomic mass is 10.1. The molecule has 110 valence electrons. The second-order valence-electron chi connectivity index (χ2n) is 4.61. The molecule has 20 heavy (non-hydrogen) atoms. The summed E-state index contributed by atoms with van der Waals surface area (Å²) in [5.41, 5.74) is 1.02. The molecule has 2 N–H and O–H groups in total. The Bertz CT molecular complexity index is 495. The number of carbonyl (C=O) groups is 1. The van der Waals surface area contributed by atoms with Gasteiger partial charge in [-0.15, -0.1) is 24.2 Å². The summed E-state index contributed by atoms with van der Waals surface area (Å²) in [7, 11) is 0. The fourth-order valence-corrected chi connectivity index (χ4v) is 3.09. The van der Waals surface area contributed by atoms with Crippen molar-refractivity contribution in [2.75, 3.05) is 18.4 Å². The monoisotopic (exact) mass is 316 g/mol. The van der Waals surface area contributed by atoms with E-state index in [9.17, 15) is 4.79 Å². The standard InChI is InChI=1S/C13H16N2O3S.ClH/c1-8(15-13(16)10-5-19-6-14-10)9-2-3-11-12(4-9)18-7-17-11;/h2-4,8,10,14H,5-7H2,1H3,(H,15,16);1H. The van der Waals surface area contributed by atoms with Crippen LogP contribution in [0, 0.1) is 0 Å². The fourth-order valence-electron chi connectivity index (χ4n) is 2.14. The first-order valence-corrected chi connectivity index (χ1v) is 7.40. The van der Waals surface area contributed by atoms with Gasteiger partial charge in [-0.25, -0.2) is 0 Å². The maximum atomic E-state index is 12.0. The topological polar surface area (TPSA) is 59.6 Å². The maximum Gasteiger partial charge on any atom is 0.238 e. The highest BCUT2D eigenvalue weighted by Gasteiger charge is 2.24. The number of rotatable bonds is 3. The van der Waals surface area contributed by atoms with E-state index in [1.54, 1.807) is 11.8 Å². The van der Waals surface area contributed by atoms with Gasteiger partial charge in [-0.2, -0.15) is 0 Å². The van der Waals surface area contributed by atoms with E-state index < -0.39 is 0 Å². The van der Waals surface area contributed by atoms with Gasteiger partial charge >= 0.3 is 0 Å². The SMILES string of the molecule is CC(NC(=O)C1CSCN1)c1ccc2c(c1)OCO2.Cl. The van der Waals surface area contributed by atoms with E-state index in [1.807, 2.05) is 25.1 Å². The number of benzene rings is 1. The molecule has 0 spiro atoms. The highest BCUT2D eigenvalue weighted by molar-refractivity contribution is 7.99. The Morgan fingerprint density at radius 1 is 1.45 bits per heavy atom. The molecule has 2 aliphatic heterocycles. The molecular weight excluding hydrogens is 300 g/mol. The summed E-state index contributed by atoms with van der Waals surface area (Å²) in [4.78, 5) is 12.0. The molecule has 0 aliphatic carbocycles. The minimum atomic E-state index is -0.0820. The van der Waals surface area contributed by atoms with Crippen LogP contribution in [0.2, 0.25) is 0 Å². The van der Waals surface area contributed by atoms with Crippen LogP contribution in [0.1, 0.15) is 18.5 Å². The van der Waals surface area contributed by atoms with Crippen LogP contribution >= 0.6 is 24.2 Å². The molecule has 2 heterocycles. The molecule has 1 saturated heterocycles. The Kier molecular flexibility index (Phi) is 5.01. The molecule has 1 aromatic carbocycles. The van der Waals surface area contributed by atoms with Crippen molar-refractivity contribution >= 4 is 30.1 Å². The van der Waals surface area contributed by atoms with Gasteiger partial charge in [0.1, 0.15) is 0 Å². The molecule has 3 rings (SSSR count). The number of hydrogen-bond donors (Lipinski definition) is 2. The first-order valence-electron chi connectivity index (χ1n) is 6.25. The van der Waals surface area contributed by atoms with Gasteiger partial charge in [0.25, 0.3) is 0 Å². The molecule has 0 bridgehead atoms. The molecule has 1 aromatic rings. The van der Waals surface area contributed by atoms with Crippen LogP contribution in [-0.4, -0.2) is 30.4 Å². The molecule has 7 heteroatoms. The van der Waals surface area contributed by atoms with Crippen LogP contribution in [0.5, 0.6) is 11.5 Å². The van der Waals surface area contributed by atoms with Gasteiger partial charge in [0.05, 0.1) is 12.1 Å². The van der Waals surface area contributed by atoms with E-state index in [1.165, 1.54) is 0 Å². The van der Waals surface area contributed by atoms with Crippen molar-refractivity contribution in [3.05, 3.63) is 23.8 Å². The van der Waals surface area contributed by atoms with Crippen molar-refractivity contribution in [1.29, 1.82) is 0 Å². The lowest BCUT2D eigenvalue weighted by molar-refractivity contribution is -0.123. The molecule has 0 aromatic heterocycles. The van der Waals surface area contributed by atoms with Crippen molar-refractivity contribution in [2.24, 2.45) is 0 Å². The molecule has 5 nitrogen and oxygen atoms in total. The number of ether oxygens (including phenoxy) is 2. The van der Waals surface area contributed by atoms with Gasteiger partial charge in [-0.1, -0.05) is 6.07 Å². The zero-order chi connectivity index (χ0) is 13.2. The van der Waals surface area contributed by atoms with Crippen molar-refractivity contribution in [2.45, 2.75) is 19.0 Å². The Morgan fingerprint density at radius 3 is 3.00 bits per heavy atom. The Hall–Kier alpha value is -1.11. The number of amides is 1. The molecule has 2 unspecified atom stereocenters. The van der Waals surface area contributed by atoms with E-state index in [0.29, 0.717) is 0 Å².